The van der Waals surface area contributed by atoms with Crippen LogP contribution in [0.1, 0.15) is 6.42 Å². The quantitative estimate of drug-likeness (QED) is 0.627. The second kappa shape index (κ2) is 6.85. The molecule has 8 heteroatoms. The molecule has 1 saturated heterocycles. The number of nitrogens with zero attached hydrogens (tertiary/aromatic N) is 2. The topological polar surface area (TPSA) is 86.8 Å². The molecule has 0 aromatic carbocycles. The van der Waals surface area contributed by atoms with Crippen molar-refractivity contribution < 1.29 is 18.0 Å². The number of hydrogen-bond donors (Lipinski definition) is 1. The minimum Gasteiger partial charge on any atom is -0.336 e. The Morgan fingerprint density at radius 2 is 1.95 bits per heavy atom. The molecule has 0 spiro atoms. The van der Waals surface area contributed by atoms with Crippen LogP contribution in [0.3, 0.4) is 0 Å². The largest absolute Gasteiger partial charge is 0.336 e. The number of hydrogen-bond acceptors (Lipinski definition) is 5. The lowest BCUT2D eigenvalue weighted by Gasteiger charge is -2.23. The Bertz CT molecular complexity index is 427. The highest BCUT2D eigenvalue weighted by molar-refractivity contribution is 7.90. The van der Waals surface area contributed by atoms with Crippen LogP contribution >= 0.6 is 0 Å². The number of likely N-dealkylation sites (N-methyl/N-ethyl adjacent to an activating group) is 1. The third kappa shape index (κ3) is 5.56. The maximum atomic E-state index is 12.0. The Labute approximate surface area is 113 Å². The van der Waals surface area contributed by atoms with Gasteiger partial charge in [0.15, 0.2) is 0 Å². The molecule has 0 bridgehead atoms. The minimum absolute atomic E-state index is 0.0372. The van der Waals surface area contributed by atoms with E-state index < -0.39 is 21.7 Å². The third-order valence-corrected chi connectivity index (χ3v) is 3.88. The first-order valence-electron chi connectivity index (χ1n) is 6.24. The van der Waals surface area contributed by atoms with E-state index >= 15 is 0 Å². The van der Waals surface area contributed by atoms with Gasteiger partial charge < -0.3 is 15.1 Å². The average molecular weight is 291 g/mol. The summed E-state index contributed by atoms with van der Waals surface area (Å²) in [6.07, 6.45) is 1.92. The van der Waals surface area contributed by atoms with Crippen molar-refractivity contribution in [2.24, 2.45) is 0 Å². The Hall–Kier alpha value is -1.15. The van der Waals surface area contributed by atoms with Crippen molar-refractivity contribution in [1.29, 1.82) is 0 Å². The van der Waals surface area contributed by atoms with E-state index in [1.165, 1.54) is 16.8 Å². The SMILES string of the molecule is CN(CCS(C)(=O)=O)C(=O)C(=O)N1CCCNCC1. The minimum atomic E-state index is -3.14. The predicted octanol–water partition coefficient (Wildman–Crippen LogP) is -1.69. The van der Waals surface area contributed by atoms with Gasteiger partial charge in [0, 0.05) is 39.5 Å². The van der Waals surface area contributed by atoms with Crippen LogP contribution in [0.5, 0.6) is 0 Å². The Morgan fingerprint density at radius 1 is 1.26 bits per heavy atom. The van der Waals surface area contributed by atoms with E-state index in [0.29, 0.717) is 19.6 Å². The average Bonchev–Trinajstić information content (AvgIpc) is 2.62. The predicted molar refractivity (Wildman–Crippen MR) is 71.4 cm³/mol. The highest BCUT2D eigenvalue weighted by atomic mass is 32.2. The van der Waals surface area contributed by atoms with Crippen molar-refractivity contribution in [3.05, 3.63) is 0 Å². The lowest BCUT2D eigenvalue weighted by atomic mass is 10.3. The highest BCUT2D eigenvalue weighted by Gasteiger charge is 2.25. The van der Waals surface area contributed by atoms with E-state index in [0.717, 1.165) is 19.2 Å². The van der Waals surface area contributed by atoms with Crippen LogP contribution < -0.4 is 5.32 Å². The molecule has 0 atom stereocenters. The van der Waals surface area contributed by atoms with Crippen LogP contribution in [0.25, 0.3) is 0 Å². The van der Waals surface area contributed by atoms with E-state index in [-0.39, 0.29) is 12.3 Å². The lowest BCUT2D eigenvalue weighted by Crippen LogP contribution is -2.46. The highest BCUT2D eigenvalue weighted by Crippen LogP contribution is 1.99. The van der Waals surface area contributed by atoms with E-state index in [9.17, 15) is 18.0 Å². The summed E-state index contributed by atoms with van der Waals surface area (Å²) in [5.41, 5.74) is 0. The maximum Gasteiger partial charge on any atom is 0.312 e. The van der Waals surface area contributed by atoms with Crippen LogP contribution in [0.15, 0.2) is 0 Å². The molecule has 0 radical (unpaired) electrons. The van der Waals surface area contributed by atoms with Gasteiger partial charge in [0.05, 0.1) is 5.75 Å². The van der Waals surface area contributed by atoms with Gasteiger partial charge in [-0.1, -0.05) is 0 Å². The molecular weight excluding hydrogens is 270 g/mol. The number of carbonyl (C=O) groups excluding carboxylic acids is 2. The number of carbonyl (C=O) groups is 2. The summed E-state index contributed by atoms with van der Waals surface area (Å²) in [6.45, 7) is 2.60. The molecule has 0 aromatic rings. The standard InChI is InChI=1S/C11H21N3O4S/c1-13(8-9-19(2,17)18)10(15)11(16)14-6-3-4-12-5-7-14/h12H,3-9H2,1-2H3. The maximum absolute atomic E-state index is 12.0. The van der Waals surface area contributed by atoms with E-state index in [4.69, 9.17) is 0 Å². The van der Waals surface area contributed by atoms with Gasteiger partial charge >= 0.3 is 11.8 Å². The molecule has 2 amide bonds. The summed E-state index contributed by atoms with van der Waals surface area (Å²) in [4.78, 5) is 26.5. The fraction of sp³-hybridized carbons (Fsp3) is 0.818. The van der Waals surface area contributed by atoms with Crippen LogP contribution in [0, 0.1) is 0 Å². The normalized spacial score (nSPS) is 16.8. The molecule has 19 heavy (non-hydrogen) atoms. The summed E-state index contributed by atoms with van der Waals surface area (Å²) in [7, 11) is -1.69. The Balaban J connectivity index is 2.52. The molecule has 1 aliphatic heterocycles. The van der Waals surface area contributed by atoms with Crippen LogP contribution in [0.4, 0.5) is 0 Å². The van der Waals surface area contributed by atoms with Crippen LogP contribution in [0.2, 0.25) is 0 Å². The smallest absolute Gasteiger partial charge is 0.312 e. The van der Waals surface area contributed by atoms with Gasteiger partial charge in [-0.05, 0) is 13.0 Å². The van der Waals surface area contributed by atoms with Gasteiger partial charge in [0.1, 0.15) is 9.84 Å². The first-order chi connectivity index (χ1) is 8.81. The van der Waals surface area contributed by atoms with E-state index in [1.54, 1.807) is 0 Å². The molecule has 1 N–H and O–H groups in total. The van der Waals surface area contributed by atoms with E-state index in [2.05, 4.69) is 5.32 Å². The first-order valence-corrected chi connectivity index (χ1v) is 8.30. The van der Waals surface area contributed by atoms with Crippen LogP contribution in [-0.4, -0.2) is 81.8 Å². The molecular formula is C11H21N3O4S. The summed E-state index contributed by atoms with van der Waals surface area (Å²) >= 11 is 0. The van der Waals surface area contributed by atoms with Crippen molar-refractivity contribution in [1.82, 2.24) is 15.1 Å². The van der Waals surface area contributed by atoms with Gasteiger partial charge in [0.2, 0.25) is 0 Å². The number of nitrogens with one attached hydrogen (secondary N) is 1. The van der Waals surface area contributed by atoms with Crippen molar-refractivity contribution in [3.63, 3.8) is 0 Å². The van der Waals surface area contributed by atoms with Gasteiger partial charge in [-0.2, -0.15) is 0 Å². The second-order valence-electron chi connectivity index (χ2n) is 4.75. The molecule has 1 fully saturated rings. The van der Waals surface area contributed by atoms with Crippen molar-refractivity contribution in [2.75, 3.05) is 51.8 Å². The zero-order valence-corrected chi connectivity index (χ0v) is 12.2. The van der Waals surface area contributed by atoms with Gasteiger partial charge in [-0.15, -0.1) is 0 Å². The van der Waals surface area contributed by atoms with Crippen molar-refractivity contribution >= 4 is 21.7 Å². The van der Waals surface area contributed by atoms with Gasteiger partial charge in [-0.3, -0.25) is 9.59 Å². The first kappa shape index (κ1) is 15.9. The summed E-state index contributed by atoms with van der Waals surface area (Å²) < 4.78 is 22.1. The number of sulfone groups is 1. The fourth-order valence-corrected chi connectivity index (χ4v) is 2.36. The zero-order chi connectivity index (χ0) is 14.5. The molecule has 110 valence electrons. The molecule has 0 aromatic heterocycles. The van der Waals surface area contributed by atoms with Crippen LogP contribution in [-0.2, 0) is 19.4 Å². The molecule has 0 saturated carbocycles. The molecule has 0 unspecified atom stereocenters. The summed E-state index contributed by atoms with van der Waals surface area (Å²) in [6, 6.07) is 0. The van der Waals surface area contributed by atoms with Gasteiger partial charge in [-0.25, -0.2) is 8.42 Å². The molecule has 1 heterocycles. The molecule has 7 nitrogen and oxygen atoms in total. The van der Waals surface area contributed by atoms with Gasteiger partial charge in [0.25, 0.3) is 0 Å². The summed E-state index contributed by atoms with van der Waals surface area (Å²) in [5, 5.41) is 3.15. The zero-order valence-electron chi connectivity index (χ0n) is 11.4. The molecule has 0 aliphatic carbocycles. The lowest BCUT2D eigenvalue weighted by molar-refractivity contribution is -0.150. The molecule has 1 rings (SSSR count). The Kier molecular flexibility index (Phi) is 5.74. The van der Waals surface area contributed by atoms with E-state index in [1.807, 2.05) is 0 Å². The third-order valence-electron chi connectivity index (χ3n) is 2.95. The number of amides is 2. The van der Waals surface area contributed by atoms with Crippen molar-refractivity contribution in [3.8, 4) is 0 Å². The van der Waals surface area contributed by atoms with Crippen molar-refractivity contribution in [2.45, 2.75) is 6.42 Å². The summed E-state index contributed by atoms with van der Waals surface area (Å²) in [5.74, 6) is -1.34. The monoisotopic (exact) mass is 291 g/mol. The fourth-order valence-electron chi connectivity index (χ4n) is 1.75. The Morgan fingerprint density at radius 3 is 2.58 bits per heavy atom. The second-order valence-corrected chi connectivity index (χ2v) is 7.01. The molecule has 1 aliphatic rings. The number of rotatable bonds is 3.